The van der Waals surface area contributed by atoms with Gasteiger partial charge in [0.1, 0.15) is 5.78 Å². The third-order valence-electron chi connectivity index (χ3n) is 5.62. The van der Waals surface area contributed by atoms with Crippen LogP contribution in [0.15, 0.2) is 24.5 Å². The Morgan fingerprint density at radius 3 is 2.39 bits per heavy atom. The Morgan fingerprint density at radius 1 is 1.18 bits per heavy atom. The molecule has 2 aromatic rings. The Kier molecular flexibility index (Phi) is 6.55. The number of aryl methyl sites for hydroxylation is 2. The zero-order chi connectivity index (χ0) is 20.3. The summed E-state index contributed by atoms with van der Waals surface area (Å²) in [5.74, 6) is -0.623. The number of benzene rings is 1. The molecule has 1 aromatic heterocycles. The molecule has 1 fully saturated rings. The van der Waals surface area contributed by atoms with Crippen LogP contribution in [0.4, 0.5) is 0 Å². The van der Waals surface area contributed by atoms with Crippen LogP contribution in [0.2, 0.25) is 5.02 Å². The molecule has 0 aliphatic heterocycles. The van der Waals surface area contributed by atoms with Gasteiger partial charge < -0.3 is 4.74 Å². The highest BCUT2D eigenvalue weighted by Crippen LogP contribution is 2.33. The second-order valence-electron chi connectivity index (χ2n) is 7.55. The third-order valence-corrected chi connectivity index (χ3v) is 5.81. The molecule has 0 spiro atoms. The lowest BCUT2D eigenvalue weighted by Crippen LogP contribution is -2.35. The molecule has 5 nitrogen and oxygen atoms in total. The van der Waals surface area contributed by atoms with Gasteiger partial charge in [0, 0.05) is 18.5 Å². The lowest BCUT2D eigenvalue weighted by molar-refractivity contribution is -0.153. The molecule has 0 N–H and O–H groups in total. The van der Waals surface area contributed by atoms with E-state index in [1.165, 1.54) is 0 Å². The fourth-order valence-electron chi connectivity index (χ4n) is 4.18. The zero-order valence-electron chi connectivity index (χ0n) is 16.7. The van der Waals surface area contributed by atoms with Gasteiger partial charge in [-0.3, -0.25) is 9.59 Å². The maximum Gasteiger partial charge on any atom is 0.309 e. The number of ether oxygens (including phenoxy) is 1. The molecular formula is C22H27ClN2O3. The summed E-state index contributed by atoms with van der Waals surface area (Å²) in [6.07, 6.45) is 7.18. The van der Waals surface area contributed by atoms with Gasteiger partial charge in [0.15, 0.2) is 0 Å². The molecule has 1 aliphatic carbocycles. The highest BCUT2D eigenvalue weighted by molar-refractivity contribution is 6.30. The predicted octanol–water partition coefficient (Wildman–Crippen LogP) is 4.62. The molecule has 0 amide bonds. The number of aromatic nitrogens is 2. The number of Topliss-reactive ketones (excluding diaryl/α,β-unsaturated/α-hetero) is 1. The van der Waals surface area contributed by atoms with Crippen LogP contribution in [0.5, 0.6) is 0 Å². The van der Waals surface area contributed by atoms with Gasteiger partial charge in [-0.25, -0.2) is 4.68 Å². The Hall–Kier alpha value is -2.14. The highest BCUT2D eigenvalue weighted by Gasteiger charge is 2.36. The first-order valence-corrected chi connectivity index (χ1v) is 10.3. The van der Waals surface area contributed by atoms with E-state index in [-0.39, 0.29) is 23.6 Å². The number of ketones is 1. The minimum absolute atomic E-state index is 0.138. The summed E-state index contributed by atoms with van der Waals surface area (Å²) in [6, 6.07) is 4.03. The molecular weight excluding hydrogens is 376 g/mol. The Balaban J connectivity index is 1.80. The second-order valence-corrected chi connectivity index (χ2v) is 7.99. The number of hydrogen-bond acceptors (Lipinski definition) is 4. The molecule has 1 saturated carbocycles. The van der Waals surface area contributed by atoms with Gasteiger partial charge >= 0.3 is 5.97 Å². The first kappa shape index (κ1) is 20.6. The van der Waals surface area contributed by atoms with Crippen LogP contribution in [-0.4, -0.2) is 28.1 Å². The smallest absolute Gasteiger partial charge is 0.309 e. The van der Waals surface area contributed by atoms with Crippen LogP contribution in [-0.2, 0) is 20.7 Å². The summed E-state index contributed by atoms with van der Waals surface area (Å²) < 4.78 is 6.94. The Bertz CT molecular complexity index is 851. The molecule has 0 radical (unpaired) electrons. The highest BCUT2D eigenvalue weighted by atomic mass is 35.5. The number of rotatable bonds is 6. The number of nitrogens with zero attached hydrogens (tertiary/aromatic N) is 2. The number of hydrogen-bond donors (Lipinski definition) is 0. The molecule has 1 heterocycles. The minimum Gasteiger partial charge on any atom is -0.466 e. The number of carbonyl (C=O) groups excluding carboxylic acids is 2. The molecule has 150 valence electrons. The average molecular weight is 403 g/mol. The van der Waals surface area contributed by atoms with Crippen molar-refractivity contribution < 1.29 is 14.3 Å². The van der Waals surface area contributed by atoms with E-state index in [0.29, 0.717) is 18.1 Å². The summed E-state index contributed by atoms with van der Waals surface area (Å²) in [7, 11) is 0. The van der Waals surface area contributed by atoms with Gasteiger partial charge in [0.25, 0.3) is 0 Å². The minimum atomic E-state index is -0.299. The first-order chi connectivity index (χ1) is 13.4. The molecule has 0 saturated heterocycles. The van der Waals surface area contributed by atoms with Crippen LogP contribution in [0, 0.1) is 25.7 Å². The van der Waals surface area contributed by atoms with Crippen molar-refractivity contribution in [3.05, 3.63) is 46.2 Å². The maximum atomic E-state index is 13.1. The Labute approximate surface area is 171 Å². The van der Waals surface area contributed by atoms with E-state index in [9.17, 15) is 9.59 Å². The summed E-state index contributed by atoms with van der Waals surface area (Å²) in [6.45, 7) is 6.17. The third kappa shape index (κ3) is 4.46. The molecule has 2 atom stereocenters. The van der Waals surface area contributed by atoms with E-state index in [4.69, 9.17) is 16.3 Å². The summed E-state index contributed by atoms with van der Waals surface area (Å²) in [5.41, 5.74) is 4.03. The van der Waals surface area contributed by atoms with E-state index in [0.717, 1.165) is 48.1 Å². The second kappa shape index (κ2) is 8.91. The van der Waals surface area contributed by atoms with Crippen LogP contribution in [0.1, 0.15) is 49.3 Å². The van der Waals surface area contributed by atoms with Gasteiger partial charge in [-0.1, -0.05) is 24.4 Å². The van der Waals surface area contributed by atoms with Crippen molar-refractivity contribution in [2.24, 2.45) is 11.8 Å². The Morgan fingerprint density at radius 2 is 1.82 bits per heavy atom. The average Bonchev–Trinajstić information content (AvgIpc) is 3.11. The fraction of sp³-hybridized carbons (Fsp3) is 0.500. The van der Waals surface area contributed by atoms with Gasteiger partial charge in [0.05, 0.1) is 29.4 Å². The summed E-state index contributed by atoms with van der Waals surface area (Å²) in [5, 5.41) is 4.83. The van der Waals surface area contributed by atoms with Crippen LogP contribution in [0.25, 0.3) is 5.69 Å². The van der Waals surface area contributed by atoms with Gasteiger partial charge in [-0.2, -0.15) is 5.10 Å². The van der Waals surface area contributed by atoms with E-state index < -0.39 is 0 Å². The van der Waals surface area contributed by atoms with Crippen molar-refractivity contribution in [3.8, 4) is 5.69 Å². The topological polar surface area (TPSA) is 61.2 Å². The normalized spacial score (nSPS) is 19.4. The molecule has 6 heteroatoms. The molecule has 0 bridgehead atoms. The standard InChI is InChI=1S/C22H27ClN2O3/c1-4-28-22(27)19-8-6-5-7-18(19)21(26)11-20-14(2)9-17(10-15(20)3)25-13-16(23)12-24-25/h9-10,12-13,18-19H,4-8,11H2,1-3H3. The van der Waals surface area contributed by atoms with Crippen LogP contribution < -0.4 is 0 Å². The number of esters is 1. The molecule has 3 rings (SSSR count). The fourth-order valence-corrected chi connectivity index (χ4v) is 4.31. The van der Waals surface area contributed by atoms with Crippen LogP contribution >= 0.6 is 11.6 Å². The van der Waals surface area contributed by atoms with Gasteiger partial charge in [-0.05, 0) is 62.4 Å². The summed E-state index contributed by atoms with van der Waals surface area (Å²) in [4.78, 5) is 25.4. The van der Waals surface area contributed by atoms with Crippen molar-refractivity contribution in [2.75, 3.05) is 6.61 Å². The largest absolute Gasteiger partial charge is 0.466 e. The van der Waals surface area contributed by atoms with Crippen molar-refractivity contribution in [2.45, 2.75) is 52.9 Å². The van der Waals surface area contributed by atoms with Crippen molar-refractivity contribution >= 4 is 23.4 Å². The van der Waals surface area contributed by atoms with E-state index in [1.807, 2.05) is 26.0 Å². The lowest BCUT2D eigenvalue weighted by atomic mass is 9.75. The molecule has 2 unspecified atom stereocenters. The molecule has 1 aliphatic rings. The van der Waals surface area contributed by atoms with E-state index in [1.54, 1.807) is 24.0 Å². The van der Waals surface area contributed by atoms with E-state index in [2.05, 4.69) is 5.10 Å². The maximum absolute atomic E-state index is 13.1. The van der Waals surface area contributed by atoms with Gasteiger partial charge in [0.2, 0.25) is 0 Å². The predicted molar refractivity (Wildman–Crippen MR) is 109 cm³/mol. The van der Waals surface area contributed by atoms with Crippen LogP contribution in [0.3, 0.4) is 0 Å². The monoisotopic (exact) mass is 402 g/mol. The summed E-state index contributed by atoms with van der Waals surface area (Å²) >= 11 is 5.97. The van der Waals surface area contributed by atoms with Crippen molar-refractivity contribution in [1.29, 1.82) is 0 Å². The quantitative estimate of drug-likeness (QED) is 0.661. The van der Waals surface area contributed by atoms with Crippen molar-refractivity contribution in [1.82, 2.24) is 9.78 Å². The van der Waals surface area contributed by atoms with E-state index >= 15 is 0 Å². The SMILES string of the molecule is CCOC(=O)C1CCCCC1C(=O)Cc1c(C)cc(-n2cc(Cl)cn2)cc1C. The van der Waals surface area contributed by atoms with Crippen molar-refractivity contribution in [3.63, 3.8) is 0 Å². The lowest BCUT2D eigenvalue weighted by Gasteiger charge is -2.29. The number of carbonyl (C=O) groups is 2. The van der Waals surface area contributed by atoms with Gasteiger partial charge in [-0.15, -0.1) is 0 Å². The number of halogens is 1. The zero-order valence-corrected chi connectivity index (χ0v) is 17.5. The first-order valence-electron chi connectivity index (χ1n) is 9.90. The molecule has 28 heavy (non-hydrogen) atoms. The molecule has 1 aromatic carbocycles.